The molecule has 2 heterocycles. The first-order valence-electron chi connectivity index (χ1n) is 9.53. The normalized spacial score (nSPS) is 26.4. The summed E-state index contributed by atoms with van der Waals surface area (Å²) >= 11 is 3.44. The van der Waals surface area contributed by atoms with Gasteiger partial charge < -0.3 is 9.15 Å². The molecule has 150 valence electrons. The van der Waals surface area contributed by atoms with Crippen LogP contribution in [0.4, 0.5) is 0 Å². The smallest absolute Gasteiger partial charge is 0.327 e. The fraction of sp³-hybridized carbons (Fsp3) is 0.208. The number of carbonyl (C=O) groups is 3. The first kappa shape index (κ1) is 19.0. The lowest BCUT2D eigenvalue weighted by atomic mass is 9.83. The molecule has 5 rings (SSSR count). The molecule has 0 bridgehead atoms. The number of hydrogen-bond acceptors (Lipinski definition) is 5. The molecule has 2 aromatic carbocycles. The molecule has 6 heteroatoms. The number of aryl methyl sites for hydroxylation is 1. The molecule has 0 spiro atoms. The Balaban J connectivity index is 1.73. The number of furan rings is 1. The number of esters is 1. The Bertz CT molecular complexity index is 1210. The second kappa shape index (κ2) is 6.25. The second-order valence-corrected chi connectivity index (χ2v) is 8.93. The number of rotatable bonds is 4. The number of Topliss-reactive ketones (excluding diaryl/α,β-unsaturated/α-hetero) is 2. The summed E-state index contributed by atoms with van der Waals surface area (Å²) in [6.07, 6.45) is 1.37. The van der Waals surface area contributed by atoms with Gasteiger partial charge in [-0.05, 0) is 37.3 Å². The Morgan fingerprint density at radius 1 is 1.03 bits per heavy atom. The monoisotopic (exact) mass is 464 g/mol. The Labute approximate surface area is 181 Å². The Hall–Kier alpha value is -2.99. The highest BCUT2D eigenvalue weighted by atomic mass is 79.9. The van der Waals surface area contributed by atoms with E-state index in [4.69, 9.17) is 9.15 Å². The third kappa shape index (κ3) is 2.25. The van der Waals surface area contributed by atoms with Crippen molar-refractivity contribution in [3.63, 3.8) is 0 Å². The highest BCUT2D eigenvalue weighted by molar-refractivity contribution is 9.10. The summed E-state index contributed by atoms with van der Waals surface area (Å²) in [6, 6.07) is 15.5. The van der Waals surface area contributed by atoms with Crippen molar-refractivity contribution in [3.8, 4) is 5.75 Å². The van der Waals surface area contributed by atoms with Crippen LogP contribution in [0.3, 0.4) is 0 Å². The van der Waals surface area contributed by atoms with Crippen LogP contribution in [0.5, 0.6) is 5.75 Å². The highest BCUT2D eigenvalue weighted by Crippen LogP contribution is 2.79. The van der Waals surface area contributed by atoms with Crippen LogP contribution in [0, 0.1) is 17.8 Å². The van der Waals surface area contributed by atoms with Gasteiger partial charge in [-0.1, -0.05) is 52.7 Å². The van der Waals surface area contributed by atoms with Crippen LogP contribution >= 0.6 is 15.9 Å². The van der Waals surface area contributed by atoms with E-state index in [0.29, 0.717) is 16.9 Å². The van der Waals surface area contributed by atoms with Gasteiger partial charge in [0.25, 0.3) is 0 Å². The maximum atomic E-state index is 13.7. The van der Waals surface area contributed by atoms with Crippen LogP contribution in [0.1, 0.15) is 44.9 Å². The van der Waals surface area contributed by atoms with Crippen molar-refractivity contribution in [2.45, 2.75) is 19.8 Å². The van der Waals surface area contributed by atoms with Gasteiger partial charge in [0.1, 0.15) is 5.75 Å². The van der Waals surface area contributed by atoms with E-state index in [1.807, 2.05) is 25.1 Å². The molecule has 0 N–H and O–H groups in total. The van der Waals surface area contributed by atoms with E-state index < -0.39 is 28.5 Å². The molecule has 1 aliphatic heterocycles. The largest absolute Gasteiger partial charge is 0.461 e. The third-order valence-corrected chi connectivity index (χ3v) is 6.94. The number of halogens is 1. The SMILES string of the molecule is Cc1ccc(C(=O)[C@]2(C)[C@@H]3c4cc(Br)ccc4OC(=O)[C@]32C(=O)c2ccco2)cc1. The van der Waals surface area contributed by atoms with E-state index in [0.717, 1.165) is 10.0 Å². The number of carbonyl (C=O) groups excluding carboxylic acids is 3. The zero-order chi connectivity index (χ0) is 21.3. The lowest BCUT2D eigenvalue weighted by Crippen LogP contribution is -2.39. The van der Waals surface area contributed by atoms with Crippen LogP contribution in [0.15, 0.2) is 69.8 Å². The molecule has 1 aliphatic carbocycles. The van der Waals surface area contributed by atoms with Crippen LogP contribution in [-0.4, -0.2) is 17.5 Å². The fourth-order valence-corrected chi connectivity index (χ4v) is 5.27. The molecule has 30 heavy (non-hydrogen) atoms. The number of ether oxygens (including phenoxy) is 1. The van der Waals surface area contributed by atoms with Crippen molar-refractivity contribution < 1.29 is 23.5 Å². The molecule has 3 aromatic rings. The molecular weight excluding hydrogens is 448 g/mol. The van der Waals surface area contributed by atoms with Gasteiger partial charge in [-0.3, -0.25) is 14.4 Å². The van der Waals surface area contributed by atoms with Gasteiger partial charge in [0.05, 0.1) is 11.7 Å². The van der Waals surface area contributed by atoms with Gasteiger partial charge in [0.2, 0.25) is 5.78 Å². The average Bonchev–Trinajstić information content (AvgIpc) is 3.04. The van der Waals surface area contributed by atoms with Crippen molar-refractivity contribution >= 4 is 33.5 Å². The molecule has 0 unspecified atom stereocenters. The minimum Gasteiger partial charge on any atom is -0.461 e. The maximum absolute atomic E-state index is 13.7. The Morgan fingerprint density at radius 2 is 1.77 bits per heavy atom. The molecule has 1 saturated carbocycles. The fourth-order valence-electron chi connectivity index (χ4n) is 4.89. The number of hydrogen-bond donors (Lipinski definition) is 0. The topological polar surface area (TPSA) is 73.6 Å². The first-order valence-corrected chi connectivity index (χ1v) is 10.3. The van der Waals surface area contributed by atoms with Crippen LogP contribution in [0.2, 0.25) is 0 Å². The van der Waals surface area contributed by atoms with Gasteiger partial charge in [-0.2, -0.15) is 0 Å². The minimum atomic E-state index is -1.67. The first-order chi connectivity index (χ1) is 14.3. The molecule has 5 nitrogen and oxygen atoms in total. The maximum Gasteiger partial charge on any atom is 0.327 e. The number of ketones is 2. The number of fused-ring (bicyclic) bond motifs is 3. The molecule has 2 aliphatic rings. The molecule has 1 aromatic heterocycles. The summed E-state index contributed by atoms with van der Waals surface area (Å²) in [5, 5.41) is 0. The van der Waals surface area contributed by atoms with E-state index in [2.05, 4.69) is 15.9 Å². The second-order valence-electron chi connectivity index (χ2n) is 8.02. The van der Waals surface area contributed by atoms with E-state index in [9.17, 15) is 14.4 Å². The summed E-state index contributed by atoms with van der Waals surface area (Å²) in [6.45, 7) is 3.61. The standard InChI is InChI=1S/C24H17BrO5/c1-13-5-7-14(8-6-13)20(26)23(2)19-16-12-15(25)9-10-17(16)30-22(28)24(19,23)21(27)18-4-3-11-29-18/h3-12,19H,1-2H3/t19-,23-,24+/m0/s1. The number of benzene rings is 2. The summed E-state index contributed by atoms with van der Waals surface area (Å²) in [7, 11) is 0. The zero-order valence-electron chi connectivity index (χ0n) is 16.3. The van der Waals surface area contributed by atoms with Gasteiger partial charge in [-0.15, -0.1) is 0 Å². The Kier molecular flexibility index (Phi) is 3.96. The minimum absolute atomic E-state index is 0.0378. The van der Waals surface area contributed by atoms with E-state index in [-0.39, 0.29) is 11.5 Å². The summed E-state index contributed by atoms with van der Waals surface area (Å²) in [5.74, 6) is -1.75. The molecule has 1 fully saturated rings. The Morgan fingerprint density at radius 3 is 2.43 bits per heavy atom. The third-order valence-electron chi connectivity index (χ3n) is 6.44. The summed E-state index contributed by atoms with van der Waals surface area (Å²) in [4.78, 5) is 40.6. The van der Waals surface area contributed by atoms with Crippen molar-refractivity contribution in [2.24, 2.45) is 10.8 Å². The molecule has 3 atom stereocenters. The van der Waals surface area contributed by atoms with Crippen molar-refractivity contribution in [1.29, 1.82) is 0 Å². The molecule has 0 amide bonds. The van der Waals surface area contributed by atoms with Crippen LogP contribution < -0.4 is 4.74 Å². The van der Waals surface area contributed by atoms with Crippen molar-refractivity contribution in [3.05, 3.63) is 87.8 Å². The molecule has 0 saturated heterocycles. The van der Waals surface area contributed by atoms with E-state index in [1.165, 1.54) is 12.3 Å². The lowest BCUT2D eigenvalue weighted by molar-refractivity contribution is -0.140. The summed E-state index contributed by atoms with van der Waals surface area (Å²) < 4.78 is 11.7. The predicted octanol–water partition coefficient (Wildman–Crippen LogP) is 5.13. The van der Waals surface area contributed by atoms with Gasteiger partial charge in [-0.25, -0.2) is 0 Å². The van der Waals surface area contributed by atoms with Gasteiger partial charge in [0, 0.05) is 21.5 Å². The van der Waals surface area contributed by atoms with Crippen molar-refractivity contribution in [1.82, 2.24) is 0 Å². The molecular formula is C24H17BrO5. The highest BCUT2D eigenvalue weighted by Gasteiger charge is 2.88. The van der Waals surface area contributed by atoms with Gasteiger partial charge >= 0.3 is 5.97 Å². The van der Waals surface area contributed by atoms with E-state index >= 15 is 0 Å². The summed E-state index contributed by atoms with van der Waals surface area (Å²) in [5.41, 5.74) is -0.837. The lowest BCUT2D eigenvalue weighted by Gasteiger charge is -2.22. The van der Waals surface area contributed by atoms with Gasteiger partial charge in [0.15, 0.2) is 17.0 Å². The zero-order valence-corrected chi connectivity index (χ0v) is 17.9. The quantitative estimate of drug-likeness (QED) is 0.231. The van der Waals surface area contributed by atoms with Crippen LogP contribution in [0.25, 0.3) is 0 Å². The van der Waals surface area contributed by atoms with Crippen LogP contribution in [-0.2, 0) is 4.79 Å². The van der Waals surface area contributed by atoms with Crippen molar-refractivity contribution in [2.75, 3.05) is 0 Å². The predicted molar refractivity (Wildman–Crippen MR) is 112 cm³/mol. The van der Waals surface area contributed by atoms with E-state index in [1.54, 1.807) is 37.3 Å². The molecule has 0 radical (unpaired) electrons. The average molecular weight is 465 g/mol.